The number of aromatic nitrogens is 1. The van der Waals surface area contributed by atoms with Crippen LogP contribution in [0.3, 0.4) is 0 Å². The quantitative estimate of drug-likeness (QED) is 0.922. The first-order valence-corrected chi connectivity index (χ1v) is 9.97. The number of nitrogens with one attached hydrogen (secondary N) is 1. The van der Waals surface area contributed by atoms with E-state index < -0.39 is 15.6 Å². The van der Waals surface area contributed by atoms with Gasteiger partial charge in [-0.05, 0) is 38.8 Å². The van der Waals surface area contributed by atoms with Gasteiger partial charge in [0.05, 0.1) is 15.4 Å². The van der Waals surface area contributed by atoms with Gasteiger partial charge in [-0.25, -0.2) is 4.21 Å². The summed E-state index contributed by atoms with van der Waals surface area (Å²) in [4.78, 5) is 12.2. The summed E-state index contributed by atoms with van der Waals surface area (Å²) in [6.45, 7) is 1.65. The molecule has 2 heterocycles. The highest BCUT2D eigenvalue weighted by Crippen LogP contribution is 2.33. The third-order valence-corrected chi connectivity index (χ3v) is 6.92. The van der Waals surface area contributed by atoms with E-state index in [2.05, 4.69) is 14.8 Å². The lowest BCUT2D eigenvalue weighted by atomic mass is 10.0. The van der Waals surface area contributed by atoms with Crippen molar-refractivity contribution in [3.63, 3.8) is 0 Å². The molecular formula is C15H23N3O3S. The Morgan fingerprint density at radius 2 is 2.00 bits per heavy atom. The van der Waals surface area contributed by atoms with Crippen LogP contribution in [0, 0.1) is 0 Å². The van der Waals surface area contributed by atoms with E-state index in [9.17, 15) is 9.00 Å². The van der Waals surface area contributed by atoms with E-state index in [0.717, 1.165) is 44.5 Å². The largest absolute Gasteiger partial charge is 0.351 e. The topological polar surface area (TPSA) is 84.6 Å². The van der Waals surface area contributed by atoms with Gasteiger partial charge in [0.1, 0.15) is 0 Å². The summed E-state index contributed by atoms with van der Waals surface area (Å²) in [5, 5.41) is 7.20. The number of hydrogen-bond acceptors (Lipinski definition) is 5. The number of hydrogen-bond donors (Lipinski definition) is 1. The zero-order valence-corrected chi connectivity index (χ0v) is 13.7. The van der Waals surface area contributed by atoms with Crippen LogP contribution in [0.15, 0.2) is 15.0 Å². The van der Waals surface area contributed by atoms with Crippen LogP contribution in [0.4, 0.5) is 0 Å². The molecule has 6 nitrogen and oxygen atoms in total. The molecule has 122 valence electrons. The normalized spacial score (nSPS) is 23.3. The molecule has 7 heteroatoms. The lowest BCUT2D eigenvalue weighted by molar-refractivity contribution is 0.0969. The fourth-order valence-electron chi connectivity index (χ4n) is 3.32. The summed E-state index contributed by atoms with van der Waals surface area (Å²) in [5.41, 5.74) is 0.834. The highest BCUT2D eigenvalue weighted by Gasteiger charge is 2.26. The molecule has 1 aromatic heterocycles. The van der Waals surface area contributed by atoms with E-state index in [4.69, 9.17) is 4.52 Å². The molecule has 2 fully saturated rings. The fourth-order valence-corrected chi connectivity index (χ4v) is 5.00. The molecule has 3 rings (SSSR count). The zero-order valence-electron chi connectivity index (χ0n) is 12.9. The van der Waals surface area contributed by atoms with E-state index in [1.165, 1.54) is 12.8 Å². The SMILES string of the molecule is CS(=O)(=NC(=O)c1cc(C2CCCC2)no1)C1CCNCC1. The second-order valence-corrected chi connectivity index (χ2v) is 8.88. The van der Waals surface area contributed by atoms with Crippen LogP contribution in [-0.4, -0.2) is 39.9 Å². The van der Waals surface area contributed by atoms with Crippen molar-refractivity contribution < 1.29 is 13.5 Å². The minimum Gasteiger partial charge on any atom is -0.351 e. The van der Waals surface area contributed by atoms with Gasteiger partial charge < -0.3 is 9.84 Å². The summed E-state index contributed by atoms with van der Waals surface area (Å²) >= 11 is 0. The Balaban J connectivity index is 1.75. The highest BCUT2D eigenvalue weighted by atomic mass is 32.2. The number of nitrogens with zero attached hydrogens (tertiary/aromatic N) is 2. The van der Waals surface area contributed by atoms with Crippen molar-refractivity contribution in [2.45, 2.75) is 49.7 Å². The van der Waals surface area contributed by atoms with Crippen molar-refractivity contribution in [3.05, 3.63) is 17.5 Å². The molecule has 0 radical (unpaired) electrons. The standard InChI is InChI=1S/C15H23N3O3S/c1-22(20,12-6-8-16-9-7-12)18-15(19)14-10-13(17-21-14)11-4-2-3-5-11/h10-12,16H,2-9H2,1H3. The predicted octanol–water partition coefficient (Wildman–Crippen LogP) is 2.32. The van der Waals surface area contributed by atoms with Crippen LogP contribution in [0.25, 0.3) is 0 Å². The molecule has 1 saturated carbocycles. The molecule has 0 spiro atoms. The monoisotopic (exact) mass is 325 g/mol. The van der Waals surface area contributed by atoms with Gasteiger partial charge in [0.15, 0.2) is 0 Å². The van der Waals surface area contributed by atoms with Gasteiger partial charge in [-0.3, -0.25) is 4.79 Å². The summed E-state index contributed by atoms with van der Waals surface area (Å²) in [5.74, 6) is -0.0334. The van der Waals surface area contributed by atoms with E-state index in [1.54, 1.807) is 12.3 Å². The van der Waals surface area contributed by atoms with Gasteiger partial charge in [-0.2, -0.15) is 4.36 Å². The molecule has 22 heavy (non-hydrogen) atoms. The van der Waals surface area contributed by atoms with Crippen LogP contribution in [0.5, 0.6) is 0 Å². The van der Waals surface area contributed by atoms with Gasteiger partial charge in [-0.1, -0.05) is 18.0 Å². The Kier molecular flexibility index (Phi) is 4.63. The number of piperidine rings is 1. The van der Waals surface area contributed by atoms with Crippen LogP contribution in [-0.2, 0) is 9.73 Å². The average Bonchev–Trinajstić information content (AvgIpc) is 3.19. The summed E-state index contributed by atoms with van der Waals surface area (Å²) in [6, 6.07) is 1.68. The molecule has 1 aliphatic carbocycles. The first-order valence-electron chi connectivity index (χ1n) is 7.99. The molecule has 2 aliphatic rings. The van der Waals surface area contributed by atoms with E-state index in [1.807, 2.05) is 0 Å². The molecule has 0 bridgehead atoms. The van der Waals surface area contributed by atoms with Gasteiger partial charge >= 0.3 is 5.91 Å². The molecule has 1 N–H and O–H groups in total. The Hall–Kier alpha value is -1.21. The second kappa shape index (κ2) is 6.50. The van der Waals surface area contributed by atoms with Crippen molar-refractivity contribution in [1.29, 1.82) is 0 Å². The minimum absolute atomic E-state index is 0.0325. The Bertz CT molecular complexity index is 649. The van der Waals surface area contributed by atoms with Crippen LogP contribution >= 0.6 is 0 Å². The molecule has 1 saturated heterocycles. The second-order valence-electron chi connectivity index (χ2n) is 6.30. The maximum Gasteiger partial charge on any atom is 0.323 e. The number of rotatable bonds is 3. The smallest absolute Gasteiger partial charge is 0.323 e. The first kappa shape index (κ1) is 15.7. The summed E-state index contributed by atoms with van der Waals surface area (Å²) in [7, 11) is -2.54. The number of carbonyl (C=O) groups is 1. The Morgan fingerprint density at radius 1 is 1.32 bits per heavy atom. The Morgan fingerprint density at radius 3 is 2.68 bits per heavy atom. The number of amides is 1. The predicted molar refractivity (Wildman–Crippen MR) is 84.4 cm³/mol. The third-order valence-electron chi connectivity index (χ3n) is 4.68. The van der Waals surface area contributed by atoms with Gasteiger partial charge in [0.25, 0.3) is 0 Å². The van der Waals surface area contributed by atoms with Crippen molar-refractivity contribution in [2.24, 2.45) is 4.36 Å². The fraction of sp³-hybridized carbons (Fsp3) is 0.733. The lowest BCUT2D eigenvalue weighted by Gasteiger charge is -2.23. The van der Waals surface area contributed by atoms with Gasteiger partial charge in [0, 0.05) is 23.5 Å². The molecule has 1 aliphatic heterocycles. The van der Waals surface area contributed by atoms with Gasteiger partial charge in [0.2, 0.25) is 5.76 Å². The van der Waals surface area contributed by atoms with Crippen molar-refractivity contribution in [3.8, 4) is 0 Å². The molecule has 1 atom stereocenters. The zero-order chi connectivity index (χ0) is 15.6. The first-order chi connectivity index (χ1) is 10.6. The lowest BCUT2D eigenvalue weighted by Crippen LogP contribution is -2.35. The van der Waals surface area contributed by atoms with E-state index in [0.29, 0.717) is 5.92 Å². The maximum atomic E-state index is 12.7. The summed E-state index contributed by atoms with van der Waals surface area (Å²) in [6.07, 6.45) is 7.74. The van der Waals surface area contributed by atoms with E-state index in [-0.39, 0.29) is 11.0 Å². The third kappa shape index (κ3) is 3.41. The summed E-state index contributed by atoms with van der Waals surface area (Å²) < 4.78 is 21.8. The molecule has 1 aromatic rings. The highest BCUT2D eigenvalue weighted by molar-refractivity contribution is 7.93. The molecule has 0 aromatic carbocycles. The van der Waals surface area contributed by atoms with Crippen LogP contribution in [0.1, 0.15) is 60.7 Å². The maximum absolute atomic E-state index is 12.7. The van der Waals surface area contributed by atoms with Gasteiger partial charge in [-0.15, -0.1) is 0 Å². The van der Waals surface area contributed by atoms with Crippen molar-refractivity contribution >= 4 is 15.6 Å². The molecule has 1 amide bonds. The molecule has 1 unspecified atom stereocenters. The Labute approximate surface area is 131 Å². The van der Waals surface area contributed by atoms with Crippen LogP contribution in [0.2, 0.25) is 0 Å². The molecular weight excluding hydrogens is 302 g/mol. The van der Waals surface area contributed by atoms with Crippen molar-refractivity contribution in [1.82, 2.24) is 10.5 Å². The van der Waals surface area contributed by atoms with Crippen LogP contribution < -0.4 is 5.32 Å². The minimum atomic E-state index is -2.54. The average molecular weight is 325 g/mol. The number of carbonyl (C=O) groups excluding carboxylic acids is 1. The van der Waals surface area contributed by atoms with E-state index >= 15 is 0 Å². The van der Waals surface area contributed by atoms with Crippen molar-refractivity contribution in [2.75, 3.05) is 19.3 Å².